The van der Waals surface area contributed by atoms with Crippen LogP contribution < -0.4 is 16.0 Å². The van der Waals surface area contributed by atoms with Crippen LogP contribution in [0.15, 0.2) is 36.6 Å². The lowest BCUT2D eigenvalue weighted by molar-refractivity contribution is 0.282. The molecule has 0 atom stereocenters. The van der Waals surface area contributed by atoms with Crippen molar-refractivity contribution < 1.29 is 18.7 Å². The monoisotopic (exact) mass is 286 g/mol. The molecule has 0 aliphatic carbocycles. The molecule has 6 nitrogen and oxygen atoms in total. The number of fused-ring (bicyclic) bond motifs is 2. The summed E-state index contributed by atoms with van der Waals surface area (Å²) < 4.78 is 16.0. The van der Waals surface area contributed by atoms with Crippen molar-refractivity contribution in [2.24, 2.45) is 0 Å². The number of aliphatic hydroxyl groups excluding tert-OH is 1. The Morgan fingerprint density at radius 2 is 1.86 bits per heavy atom. The molecule has 0 fully saturated rings. The molecule has 2 aromatic heterocycles. The van der Waals surface area contributed by atoms with Gasteiger partial charge in [-0.1, -0.05) is 0 Å². The zero-order valence-electron chi connectivity index (χ0n) is 10.8. The van der Waals surface area contributed by atoms with Crippen LogP contribution in [0.3, 0.4) is 0 Å². The summed E-state index contributed by atoms with van der Waals surface area (Å²) in [6.45, 7) is 0.0896. The molecule has 1 aromatic carbocycles. The first-order valence-electron chi connectivity index (χ1n) is 6.47. The van der Waals surface area contributed by atoms with Crippen molar-refractivity contribution in [2.75, 3.05) is 6.61 Å². The maximum Gasteiger partial charge on any atom is 0.336 e. The summed E-state index contributed by atoms with van der Waals surface area (Å²) in [7, 11) is 0. The molecule has 1 aliphatic rings. The van der Waals surface area contributed by atoms with E-state index in [2.05, 4.69) is 0 Å². The van der Waals surface area contributed by atoms with Crippen LogP contribution in [-0.4, -0.2) is 11.7 Å². The second-order valence-corrected chi connectivity index (χ2v) is 4.89. The first-order chi connectivity index (χ1) is 10.2. The van der Waals surface area contributed by atoms with E-state index in [1.165, 1.54) is 12.1 Å². The second kappa shape index (κ2) is 4.20. The third kappa shape index (κ3) is 1.69. The van der Waals surface area contributed by atoms with E-state index in [-0.39, 0.29) is 17.8 Å². The van der Waals surface area contributed by atoms with Crippen LogP contribution in [0.5, 0.6) is 5.75 Å². The Morgan fingerprint density at radius 3 is 2.67 bits per heavy atom. The van der Waals surface area contributed by atoms with Crippen molar-refractivity contribution in [1.82, 2.24) is 0 Å². The van der Waals surface area contributed by atoms with Gasteiger partial charge in [0.1, 0.15) is 11.3 Å². The fraction of sp³-hybridized carbons (Fsp3) is 0.200. The maximum absolute atomic E-state index is 11.7. The van der Waals surface area contributed by atoms with Crippen LogP contribution in [0.1, 0.15) is 11.1 Å². The second-order valence-electron chi connectivity index (χ2n) is 4.89. The van der Waals surface area contributed by atoms with E-state index in [0.29, 0.717) is 35.1 Å². The standard InChI is InChI=1S/C15H10O6/c16-6-8-4-11(17)20-10-5-9-13-7(1-2-19-9)3-12(18)21-15(13)14(8)10/h3-5,16H,1-2,6H2. The summed E-state index contributed by atoms with van der Waals surface area (Å²) in [5, 5.41) is 10.6. The highest BCUT2D eigenvalue weighted by Gasteiger charge is 2.21. The molecule has 0 unspecified atom stereocenters. The van der Waals surface area contributed by atoms with E-state index >= 15 is 0 Å². The Hall–Kier alpha value is -2.60. The molecule has 0 amide bonds. The molecule has 106 valence electrons. The van der Waals surface area contributed by atoms with Gasteiger partial charge in [0, 0.05) is 24.6 Å². The van der Waals surface area contributed by atoms with Crippen molar-refractivity contribution in [3.8, 4) is 5.75 Å². The van der Waals surface area contributed by atoms with Crippen molar-refractivity contribution in [1.29, 1.82) is 0 Å². The van der Waals surface area contributed by atoms with E-state index in [0.717, 1.165) is 5.56 Å². The van der Waals surface area contributed by atoms with Gasteiger partial charge in [0.15, 0.2) is 5.58 Å². The van der Waals surface area contributed by atoms with Gasteiger partial charge in [0.2, 0.25) is 0 Å². The topological polar surface area (TPSA) is 89.9 Å². The third-order valence-corrected chi connectivity index (χ3v) is 3.65. The summed E-state index contributed by atoms with van der Waals surface area (Å²) in [4.78, 5) is 23.3. The zero-order valence-corrected chi connectivity index (χ0v) is 10.8. The number of rotatable bonds is 1. The summed E-state index contributed by atoms with van der Waals surface area (Å²) in [5.74, 6) is 0.515. The smallest absolute Gasteiger partial charge is 0.336 e. The van der Waals surface area contributed by atoms with Crippen molar-refractivity contribution in [3.05, 3.63) is 50.2 Å². The predicted molar refractivity (Wildman–Crippen MR) is 73.6 cm³/mol. The van der Waals surface area contributed by atoms with Gasteiger partial charge in [-0.3, -0.25) is 0 Å². The molecule has 1 aliphatic heterocycles. The summed E-state index contributed by atoms with van der Waals surface area (Å²) in [6, 6.07) is 4.24. The van der Waals surface area contributed by atoms with Gasteiger partial charge in [-0.25, -0.2) is 9.59 Å². The fourth-order valence-corrected chi connectivity index (χ4v) is 2.81. The number of benzene rings is 1. The Balaban J connectivity index is 2.34. The van der Waals surface area contributed by atoms with Crippen LogP contribution >= 0.6 is 0 Å². The first-order valence-corrected chi connectivity index (χ1v) is 6.47. The lowest BCUT2D eigenvalue weighted by atomic mass is 10.00. The molecule has 0 bridgehead atoms. The van der Waals surface area contributed by atoms with Crippen molar-refractivity contribution >= 4 is 21.9 Å². The Bertz CT molecular complexity index is 995. The molecule has 4 rings (SSSR count). The van der Waals surface area contributed by atoms with Crippen LogP contribution in [0.4, 0.5) is 0 Å². The highest BCUT2D eigenvalue weighted by atomic mass is 16.5. The highest BCUT2D eigenvalue weighted by molar-refractivity contribution is 6.07. The van der Waals surface area contributed by atoms with Gasteiger partial charge >= 0.3 is 11.3 Å². The van der Waals surface area contributed by atoms with Gasteiger partial charge in [0.05, 0.1) is 24.0 Å². The first kappa shape index (κ1) is 12.2. The largest absolute Gasteiger partial charge is 0.492 e. The lowest BCUT2D eigenvalue weighted by Crippen LogP contribution is -2.13. The Morgan fingerprint density at radius 1 is 1.05 bits per heavy atom. The van der Waals surface area contributed by atoms with E-state index in [9.17, 15) is 14.7 Å². The van der Waals surface area contributed by atoms with Crippen LogP contribution in [0.25, 0.3) is 21.9 Å². The number of hydrogen-bond donors (Lipinski definition) is 1. The SMILES string of the molecule is O=c1cc(CO)c2c(cc3c4c(cc(=O)oc42)CCO3)o1. The third-order valence-electron chi connectivity index (χ3n) is 3.65. The number of ether oxygens (including phenoxy) is 1. The fourth-order valence-electron chi connectivity index (χ4n) is 2.81. The van der Waals surface area contributed by atoms with Crippen molar-refractivity contribution in [3.63, 3.8) is 0 Å². The van der Waals surface area contributed by atoms with Gasteiger partial charge in [-0.15, -0.1) is 0 Å². The van der Waals surface area contributed by atoms with E-state index < -0.39 is 11.3 Å². The molecule has 0 spiro atoms. The van der Waals surface area contributed by atoms with Gasteiger partial charge in [-0.2, -0.15) is 0 Å². The number of aliphatic hydroxyl groups is 1. The molecule has 0 saturated carbocycles. The summed E-state index contributed by atoms with van der Waals surface area (Å²) >= 11 is 0. The average molecular weight is 286 g/mol. The molecule has 21 heavy (non-hydrogen) atoms. The maximum atomic E-state index is 11.7. The molecule has 0 saturated heterocycles. The minimum atomic E-state index is -0.576. The van der Waals surface area contributed by atoms with E-state index in [1.807, 2.05) is 0 Å². The summed E-state index contributed by atoms with van der Waals surface area (Å²) in [5.41, 5.74) is 0.660. The molecule has 3 heterocycles. The average Bonchev–Trinajstić information content (AvgIpc) is 2.45. The molecule has 6 heteroatoms. The van der Waals surface area contributed by atoms with Gasteiger partial charge in [0.25, 0.3) is 0 Å². The van der Waals surface area contributed by atoms with Gasteiger partial charge in [-0.05, 0) is 11.1 Å². The number of hydrogen-bond acceptors (Lipinski definition) is 6. The van der Waals surface area contributed by atoms with Gasteiger partial charge < -0.3 is 18.7 Å². The van der Waals surface area contributed by atoms with Crippen LogP contribution in [-0.2, 0) is 13.0 Å². The quantitative estimate of drug-likeness (QED) is 0.536. The predicted octanol–water partition coefficient (Wildman–Crippen LogP) is 1.33. The Labute approximate surface area is 117 Å². The zero-order chi connectivity index (χ0) is 14.6. The van der Waals surface area contributed by atoms with E-state index in [1.54, 1.807) is 6.07 Å². The normalized spacial score (nSPS) is 13.6. The van der Waals surface area contributed by atoms with Crippen LogP contribution in [0, 0.1) is 0 Å². The Kier molecular flexibility index (Phi) is 2.43. The van der Waals surface area contributed by atoms with E-state index in [4.69, 9.17) is 13.6 Å². The molecule has 3 aromatic rings. The highest BCUT2D eigenvalue weighted by Crippen LogP contribution is 2.38. The molecule has 0 radical (unpaired) electrons. The molecular formula is C15H10O6. The minimum Gasteiger partial charge on any atom is -0.492 e. The molecule has 1 N–H and O–H groups in total. The minimum absolute atomic E-state index is 0.233. The lowest BCUT2D eigenvalue weighted by Gasteiger charge is -2.18. The van der Waals surface area contributed by atoms with Crippen molar-refractivity contribution in [2.45, 2.75) is 13.0 Å². The van der Waals surface area contributed by atoms with Crippen LogP contribution in [0.2, 0.25) is 0 Å². The molecular weight excluding hydrogens is 276 g/mol. The summed E-state index contributed by atoms with van der Waals surface area (Å²) in [6.07, 6.45) is 0.603.